The zero-order valence-corrected chi connectivity index (χ0v) is 17.7. The quantitative estimate of drug-likeness (QED) is 0.354. The summed E-state index contributed by atoms with van der Waals surface area (Å²) in [7, 11) is 5.97. The molecule has 1 amide bonds. The summed E-state index contributed by atoms with van der Waals surface area (Å²) >= 11 is 0. The van der Waals surface area contributed by atoms with E-state index >= 15 is 0 Å². The topological polar surface area (TPSA) is 75.6 Å². The van der Waals surface area contributed by atoms with E-state index in [-0.39, 0.29) is 18.4 Å². The van der Waals surface area contributed by atoms with E-state index in [2.05, 4.69) is 17.4 Å². The SMILES string of the molecule is C[N+](C)(C)CC(CC(=O)O)NC(=O)CCCCCCCOCc1ccccc1. The van der Waals surface area contributed by atoms with Gasteiger partial charge in [-0.05, 0) is 18.4 Å². The number of ether oxygens (including phenoxy) is 1. The minimum atomic E-state index is -0.881. The van der Waals surface area contributed by atoms with Crippen LogP contribution in [0.5, 0.6) is 0 Å². The maximum absolute atomic E-state index is 12.1. The predicted octanol–water partition coefficient (Wildman–Crippen LogP) is 3.21. The summed E-state index contributed by atoms with van der Waals surface area (Å²) in [6, 6.07) is 9.83. The Bertz CT molecular complexity index is 570. The average molecular weight is 394 g/mol. The van der Waals surface area contributed by atoms with Crippen molar-refractivity contribution in [3.8, 4) is 0 Å². The Morgan fingerprint density at radius 3 is 2.32 bits per heavy atom. The fraction of sp³-hybridized carbons (Fsp3) is 0.636. The third-order valence-electron chi connectivity index (χ3n) is 4.36. The molecule has 1 aromatic carbocycles. The van der Waals surface area contributed by atoms with Gasteiger partial charge in [0, 0.05) is 13.0 Å². The zero-order chi connectivity index (χ0) is 20.8. The molecule has 28 heavy (non-hydrogen) atoms. The Morgan fingerprint density at radius 1 is 1.04 bits per heavy atom. The highest BCUT2D eigenvalue weighted by atomic mass is 16.5. The summed E-state index contributed by atoms with van der Waals surface area (Å²) in [4.78, 5) is 23.1. The van der Waals surface area contributed by atoms with E-state index in [0.717, 1.165) is 38.7 Å². The molecular weight excluding hydrogens is 356 g/mol. The minimum Gasteiger partial charge on any atom is -0.481 e. The molecule has 0 radical (unpaired) electrons. The fourth-order valence-electron chi connectivity index (χ4n) is 3.12. The fourth-order valence-corrected chi connectivity index (χ4v) is 3.12. The van der Waals surface area contributed by atoms with Crippen LogP contribution in [0.15, 0.2) is 30.3 Å². The summed E-state index contributed by atoms with van der Waals surface area (Å²) < 4.78 is 6.28. The second kappa shape index (κ2) is 13.3. The lowest BCUT2D eigenvalue weighted by atomic mass is 10.1. The highest BCUT2D eigenvalue weighted by molar-refractivity contribution is 5.77. The van der Waals surface area contributed by atoms with Gasteiger partial charge >= 0.3 is 5.97 Å². The van der Waals surface area contributed by atoms with Crippen LogP contribution in [0.3, 0.4) is 0 Å². The summed E-state index contributed by atoms with van der Waals surface area (Å²) in [6.07, 6.45) is 5.47. The number of benzene rings is 1. The molecule has 1 unspecified atom stereocenters. The molecule has 2 N–H and O–H groups in total. The molecule has 0 bridgehead atoms. The van der Waals surface area contributed by atoms with Crippen LogP contribution in [0.2, 0.25) is 0 Å². The molecule has 0 heterocycles. The number of carbonyl (C=O) groups is 2. The molecule has 1 rings (SSSR count). The molecule has 0 spiro atoms. The Hall–Kier alpha value is -1.92. The lowest BCUT2D eigenvalue weighted by molar-refractivity contribution is -0.871. The average Bonchev–Trinajstić information content (AvgIpc) is 2.59. The van der Waals surface area contributed by atoms with Gasteiger partial charge in [-0.2, -0.15) is 0 Å². The van der Waals surface area contributed by atoms with Crippen molar-refractivity contribution in [2.45, 2.75) is 57.6 Å². The van der Waals surface area contributed by atoms with Crippen molar-refractivity contribution >= 4 is 11.9 Å². The number of quaternary nitrogens is 1. The first-order valence-electron chi connectivity index (χ1n) is 10.2. The highest BCUT2D eigenvalue weighted by Gasteiger charge is 2.22. The second-order valence-electron chi connectivity index (χ2n) is 8.39. The molecule has 0 fully saturated rings. The molecule has 0 aromatic heterocycles. The van der Waals surface area contributed by atoms with Crippen molar-refractivity contribution in [3.05, 3.63) is 35.9 Å². The number of rotatable bonds is 15. The van der Waals surface area contributed by atoms with Crippen molar-refractivity contribution in [1.29, 1.82) is 0 Å². The number of nitrogens with one attached hydrogen (secondary N) is 1. The zero-order valence-electron chi connectivity index (χ0n) is 17.7. The van der Waals surface area contributed by atoms with E-state index in [1.807, 2.05) is 39.3 Å². The lowest BCUT2D eigenvalue weighted by Crippen LogP contribution is -2.49. The number of likely N-dealkylation sites (N-methyl/N-ethyl adjacent to an activating group) is 1. The van der Waals surface area contributed by atoms with Crippen LogP contribution in [0.1, 0.15) is 50.5 Å². The largest absolute Gasteiger partial charge is 0.481 e. The van der Waals surface area contributed by atoms with Gasteiger partial charge in [-0.1, -0.05) is 49.6 Å². The van der Waals surface area contributed by atoms with Crippen LogP contribution in [0.4, 0.5) is 0 Å². The van der Waals surface area contributed by atoms with E-state index < -0.39 is 5.97 Å². The molecule has 0 aliphatic heterocycles. The monoisotopic (exact) mass is 393 g/mol. The summed E-state index contributed by atoms with van der Waals surface area (Å²) in [6.45, 7) is 2.02. The number of nitrogens with zero attached hydrogens (tertiary/aromatic N) is 1. The third kappa shape index (κ3) is 13.3. The Labute approximate surface area is 169 Å². The van der Waals surface area contributed by atoms with Gasteiger partial charge < -0.3 is 19.6 Å². The normalized spacial score (nSPS) is 12.5. The molecule has 1 atom stereocenters. The molecule has 0 saturated carbocycles. The summed E-state index contributed by atoms with van der Waals surface area (Å²) in [5.74, 6) is -0.931. The summed E-state index contributed by atoms with van der Waals surface area (Å²) in [5, 5.41) is 11.9. The van der Waals surface area contributed by atoms with Crippen LogP contribution in [0, 0.1) is 0 Å². The number of carboxylic acids is 1. The van der Waals surface area contributed by atoms with Crippen molar-refractivity contribution in [3.63, 3.8) is 0 Å². The van der Waals surface area contributed by atoms with Gasteiger partial charge in [0.05, 0.1) is 46.8 Å². The van der Waals surface area contributed by atoms with Crippen molar-refractivity contribution in [1.82, 2.24) is 5.32 Å². The molecule has 0 aliphatic rings. The predicted molar refractivity (Wildman–Crippen MR) is 111 cm³/mol. The third-order valence-corrected chi connectivity index (χ3v) is 4.36. The Balaban J connectivity index is 2.06. The van der Waals surface area contributed by atoms with Gasteiger partial charge in [0.1, 0.15) is 0 Å². The Morgan fingerprint density at radius 2 is 1.68 bits per heavy atom. The smallest absolute Gasteiger partial charge is 0.305 e. The van der Waals surface area contributed by atoms with Crippen molar-refractivity contribution < 1.29 is 23.9 Å². The molecule has 158 valence electrons. The number of carboxylic acid groups (broad SMARTS) is 1. The van der Waals surface area contributed by atoms with E-state index in [1.165, 1.54) is 5.56 Å². The number of carbonyl (C=O) groups excluding carboxylic acids is 1. The number of hydrogen-bond donors (Lipinski definition) is 2. The number of unbranched alkanes of at least 4 members (excludes halogenated alkanes) is 4. The van der Waals surface area contributed by atoms with E-state index in [0.29, 0.717) is 24.1 Å². The first-order valence-corrected chi connectivity index (χ1v) is 10.2. The maximum Gasteiger partial charge on any atom is 0.305 e. The highest BCUT2D eigenvalue weighted by Crippen LogP contribution is 2.08. The number of amides is 1. The van der Waals surface area contributed by atoms with E-state index in [1.54, 1.807) is 0 Å². The summed E-state index contributed by atoms with van der Waals surface area (Å²) in [5.41, 5.74) is 1.19. The van der Waals surface area contributed by atoms with Crippen molar-refractivity contribution in [2.24, 2.45) is 0 Å². The first kappa shape index (κ1) is 24.1. The maximum atomic E-state index is 12.1. The van der Waals surface area contributed by atoms with Gasteiger partial charge in [0.25, 0.3) is 0 Å². The van der Waals surface area contributed by atoms with Crippen LogP contribution in [-0.2, 0) is 20.9 Å². The number of aliphatic carboxylic acids is 1. The number of hydrogen-bond acceptors (Lipinski definition) is 3. The van der Waals surface area contributed by atoms with Gasteiger partial charge in [0.2, 0.25) is 5.91 Å². The second-order valence-corrected chi connectivity index (χ2v) is 8.39. The molecule has 0 saturated heterocycles. The minimum absolute atomic E-state index is 0.0375. The van der Waals surface area contributed by atoms with Gasteiger partial charge in [0.15, 0.2) is 0 Å². The van der Waals surface area contributed by atoms with Crippen molar-refractivity contribution in [2.75, 3.05) is 34.3 Å². The molecular formula is C22H37N2O4+. The van der Waals surface area contributed by atoms with Crippen LogP contribution in [-0.4, -0.2) is 61.8 Å². The van der Waals surface area contributed by atoms with Crippen LogP contribution < -0.4 is 5.32 Å². The van der Waals surface area contributed by atoms with Gasteiger partial charge in [-0.25, -0.2) is 0 Å². The Kier molecular flexibility index (Phi) is 11.4. The molecule has 1 aromatic rings. The molecule has 6 nitrogen and oxygen atoms in total. The van der Waals surface area contributed by atoms with Crippen LogP contribution >= 0.6 is 0 Å². The standard InChI is InChI=1S/C22H36N2O4/c1-24(2,3)17-20(16-22(26)27)23-21(25)14-10-5-4-6-11-15-28-18-19-12-8-7-9-13-19/h7-9,12-13,20H,4-6,10-11,14-18H2,1-3H3,(H-,23,25,26,27)/p+1. The van der Waals surface area contributed by atoms with E-state index in [9.17, 15) is 9.59 Å². The van der Waals surface area contributed by atoms with Gasteiger partial charge in [-0.15, -0.1) is 0 Å². The van der Waals surface area contributed by atoms with Gasteiger partial charge in [-0.3, -0.25) is 9.59 Å². The molecule has 6 heteroatoms. The van der Waals surface area contributed by atoms with Crippen LogP contribution in [0.25, 0.3) is 0 Å². The first-order chi connectivity index (χ1) is 13.3. The lowest BCUT2D eigenvalue weighted by Gasteiger charge is -2.29. The van der Waals surface area contributed by atoms with E-state index in [4.69, 9.17) is 9.84 Å². The molecule has 0 aliphatic carbocycles.